The van der Waals surface area contributed by atoms with Crippen molar-refractivity contribution in [1.29, 1.82) is 0 Å². The van der Waals surface area contributed by atoms with E-state index in [-0.39, 0.29) is 6.03 Å². The molecule has 2 amide bonds. The highest BCUT2D eigenvalue weighted by molar-refractivity contribution is 5.94. The van der Waals surface area contributed by atoms with Gasteiger partial charge in [-0.3, -0.25) is 9.80 Å². The highest BCUT2D eigenvalue weighted by Crippen LogP contribution is 2.31. The Morgan fingerprint density at radius 2 is 1.46 bits per heavy atom. The molecule has 6 heteroatoms. The third-order valence-electron chi connectivity index (χ3n) is 8.49. The quantitative estimate of drug-likeness (QED) is 0.336. The lowest BCUT2D eigenvalue weighted by Crippen LogP contribution is -2.60. The van der Waals surface area contributed by atoms with Crippen LogP contribution in [0.4, 0.5) is 16.2 Å². The third-order valence-corrected chi connectivity index (χ3v) is 8.49. The van der Waals surface area contributed by atoms with Crippen LogP contribution in [0.5, 0.6) is 0 Å². The first kappa shape index (κ1) is 26.9. The van der Waals surface area contributed by atoms with Crippen LogP contribution in [-0.2, 0) is 11.3 Å². The van der Waals surface area contributed by atoms with Gasteiger partial charge >= 0.3 is 6.03 Å². The minimum Gasteiger partial charge on any atom is -0.372 e. The number of rotatable bonds is 8. The predicted octanol–water partition coefficient (Wildman–Crippen LogP) is 6.07. The SMILES string of the molecule is CCN(C(=O)N(C)c1ccc(-c2ccccc2)cc1)C1(C=O)CCN(Cc2ccc(N3CCCC3)cc2)CC1. The Balaban J connectivity index is 1.21. The monoisotopic (exact) mass is 524 g/mol. The Hall–Kier alpha value is -3.64. The molecule has 0 radical (unpaired) electrons. The fraction of sp³-hybridized carbons (Fsp3) is 0.394. The molecule has 0 spiro atoms. The van der Waals surface area contributed by atoms with Gasteiger partial charge in [-0.05, 0) is 73.6 Å². The summed E-state index contributed by atoms with van der Waals surface area (Å²) >= 11 is 0. The maximum absolute atomic E-state index is 13.7. The number of hydrogen-bond acceptors (Lipinski definition) is 4. The molecule has 0 atom stereocenters. The van der Waals surface area contributed by atoms with Gasteiger partial charge in [-0.15, -0.1) is 0 Å². The highest BCUT2D eigenvalue weighted by Gasteiger charge is 2.42. The number of likely N-dealkylation sites (N-methyl/N-ethyl adjacent to an activating group) is 1. The number of urea groups is 1. The number of benzene rings is 3. The number of aldehydes is 1. The second-order valence-corrected chi connectivity index (χ2v) is 10.9. The second-order valence-electron chi connectivity index (χ2n) is 10.9. The number of anilines is 2. The zero-order valence-electron chi connectivity index (χ0n) is 23.3. The van der Waals surface area contributed by atoms with E-state index in [2.05, 4.69) is 46.2 Å². The maximum Gasteiger partial charge on any atom is 0.325 e. The van der Waals surface area contributed by atoms with Gasteiger partial charge < -0.3 is 14.6 Å². The van der Waals surface area contributed by atoms with E-state index in [4.69, 9.17) is 0 Å². The van der Waals surface area contributed by atoms with Crippen molar-refractivity contribution in [1.82, 2.24) is 9.80 Å². The van der Waals surface area contributed by atoms with E-state index >= 15 is 0 Å². The number of amides is 2. The van der Waals surface area contributed by atoms with Crippen molar-refractivity contribution in [3.05, 3.63) is 84.4 Å². The molecule has 2 fully saturated rings. The molecule has 2 heterocycles. The summed E-state index contributed by atoms with van der Waals surface area (Å²) in [5, 5.41) is 0. The average Bonchev–Trinajstić information content (AvgIpc) is 3.54. The largest absolute Gasteiger partial charge is 0.372 e. The first-order valence-electron chi connectivity index (χ1n) is 14.3. The Morgan fingerprint density at radius 1 is 0.846 bits per heavy atom. The van der Waals surface area contributed by atoms with Crippen LogP contribution in [0.3, 0.4) is 0 Å². The van der Waals surface area contributed by atoms with Gasteiger partial charge in [-0.1, -0.05) is 54.6 Å². The minimum absolute atomic E-state index is 0.136. The van der Waals surface area contributed by atoms with Crippen LogP contribution in [-0.4, -0.2) is 67.4 Å². The van der Waals surface area contributed by atoms with Gasteiger partial charge in [0.15, 0.2) is 0 Å². The van der Waals surface area contributed by atoms with Crippen molar-refractivity contribution in [3.63, 3.8) is 0 Å². The van der Waals surface area contributed by atoms with E-state index in [1.807, 2.05) is 49.4 Å². The molecule has 0 aliphatic carbocycles. The van der Waals surface area contributed by atoms with E-state index in [9.17, 15) is 9.59 Å². The standard InChI is InChI=1S/C33H40N4O2/c1-3-37(32(39)34(2)30-17-13-29(14-18-30)28-9-5-4-6-10-28)33(26-38)19-23-35(24-20-33)25-27-11-15-31(16-12-27)36-21-7-8-22-36/h4-6,9-18,26H,3,7-8,19-25H2,1-2H3. The molecule has 2 saturated heterocycles. The van der Waals surface area contributed by atoms with Gasteiger partial charge in [0.2, 0.25) is 0 Å². The summed E-state index contributed by atoms with van der Waals surface area (Å²) in [6.07, 6.45) is 4.86. The summed E-state index contributed by atoms with van der Waals surface area (Å²) in [5.74, 6) is 0. The van der Waals surface area contributed by atoms with Gasteiger partial charge in [0.1, 0.15) is 11.8 Å². The molecule has 2 aliphatic heterocycles. The van der Waals surface area contributed by atoms with Gasteiger partial charge in [-0.25, -0.2) is 4.79 Å². The van der Waals surface area contributed by atoms with E-state index in [1.165, 1.54) is 24.1 Å². The van der Waals surface area contributed by atoms with E-state index in [1.54, 1.807) is 16.8 Å². The number of carbonyl (C=O) groups is 2. The smallest absolute Gasteiger partial charge is 0.325 e. The summed E-state index contributed by atoms with van der Waals surface area (Å²) in [6, 6.07) is 27.0. The number of likely N-dealkylation sites (tertiary alicyclic amines) is 1. The molecule has 204 valence electrons. The first-order valence-corrected chi connectivity index (χ1v) is 14.3. The fourth-order valence-corrected chi connectivity index (χ4v) is 6.04. The zero-order valence-corrected chi connectivity index (χ0v) is 23.3. The fourth-order valence-electron chi connectivity index (χ4n) is 6.04. The van der Waals surface area contributed by atoms with E-state index < -0.39 is 5.54 Å². The molecule has 3 aromatic carbocycles. The molecule has 6 nitrogen and oxygen atoms in total. The predicted molar refractivity (Wildman–Crippen MR) is 159 cm³/mol. The number of nitrogens with zero attached hydrogens (tertiary/aromatic N) is 4. The molecular weight excluding hydrogens is 484 g/mol. The molecule has 0 saturated carbocycles. The summed E-state index contributed by atoms with van der Waals surface area (Å²) in [7, 11) is 1.79. The van der Waals surface area contributed by atoms with Crippen molar-refractivity contribution < 1.29 is 9.59 Å². The van der Waals surface area contributed by atoms with Gasteiger partial charge in [0.05, 0.1) is 0 Å². The van der Waals surface area contributed by atoms with Gasteiger partial charge in [-0.2, -0.15) is 0 Å². The molecule has 0 aromatic heterocycles. The summed E-state index contributed by atoms with van der Waals surface area (Å²) in [4.78, 5) is 34.5. The molecule has 39 heavy (non-hydrogen) atoms. The lowest BCUT2D eigenvalue weighted by Gasteiger charge is -2.46. The molecule has 0 bridgehead atoms. The Bertz CT molecular complexity index is 1230. The third kappa shape index (κ3) is 5.86. The van der Waals surface area contributed by atoms with Crippen LogP contribution in [0, 0.1) is 0 Å². The number of piperidine rings is 1. The molecule has 3 aromatic rings. The maximum atomic E-state index is 13.7. The highest BCUT2D eigenvalue weighted by atomic mass is 16.2. The Kier molecular flexibility index (Phi) is 8.32. The summed E-state index contributed by atoms with van der Waals surface area (Å²) in [6.45, 7) is 7.19. The van der Waals surface area contributed by atoms with Gasteiger partial charge in [0, 0.05) is 57.7 Å². The summed E-state index contributed by atoms with van der Waals surface area (Å²) in [5.41, 5.74) is 4.89. The van der Waals surface area contributed by atoms with Gasteiger partial charge in [0.25, 0.3) is 0 Å². The normalized spacial score (nSPS) is 17.1. The average molecular weight is 525 g/mol. The van der Waals surface area contributed by atoms with Crippen LogP contribution in [0.25, 0.3) is 11.1 Å². The first-order chi connectivity index (χ1) is 19.0. The molecular formula is C33H40N4O2. The topological polar surface area (TPSA) is 47.1 Å². The molecule has 5 rings (SSSR count). The number of hydrogen-bond donors (Lipinski definition) is 0. The number of carbonyl (C=O) groups excluding carboxylic acids is 2. The zero-order chi connectivity index (χ0) is 27.2. The Labute approximate surface area is 232 Å². The molecule has 0 unspecified atom stereocenters. The van der Waals surface area contributed by atoms with Crippen LogP contribution in [0.2, 0.25) is 0 Å². The van der Waals surface area contributed by atoms with Crippen LogP contribution in [0.15, 0.2) is 78.9 Å². The van der Waals surface area contributed by atoms with Crippen LogP contribution >= 0.6 is 0 Å². The van der Waals surface area contributed by atoms with Crippen LogP contribution < -0.4 is 9.80 Å². The van der Waals surface area contributed by atoms with E-state index in [0.29, 0.717) is 19.4 Å². The van der Waals surface area contributed by atoms with Crippen molar-refractivity contribution in [3.8, 4) is 11.1 Å². The van der Waals surface area contributed by atoms with Crippen molar-refractivity contribution in [2.75, 3.05) is 49.6 Å². The van der Waals surface area contributed by atoms with Crippen molar-refractivity contribution >= 4 is 23.7 Å². The molecule has 2 aliphatic rings. The lowest BCUT2D eigenvalue weighted by atomic mass is 9.87. The Morgan fingerprint density at radius 3 is 2.05 bits per heavy atom. The van der Waals surface area contributed by atoms with Crippen molar-refractivity contribution in [2.24, 2.45) is 0 Å². The lowest BCUT2D eigenvalue weighted by molar-refractivity contribution is -0.119. The molecule has 0 N–H and O–H groups in total. The minimum atomic E-state index is -0.778. The van der Waals surface area contributed by atoms with E-state index in [0.717, 1.165) is 55.8 Å². The van der Waals surface area contributed by atoms with Crippen molar-refractivity contribution in [2.45, 2.75) is 44.7 Å². The van der Waals surface area contributed by atoms with Crippen LogP contribution in [0.1, 0.15) is 38.2 Å². The second kappa shape index (κ2) is 12.0. The summed E-state index contributed by atoms with van der Waals surface area (Å²) < 4.78 is 0.